The number of carbonyl (C=O) groups excluding carboxylic acids is 1. The van der Waals surface area contributed by atoms with Crippen molar-refractivity contribution in [2.75, 3.05) is 17.7 Å². The van der Waals surface area contributed by atoms with Crippen LogP contribution in [0.25, 0.3) is 0 Å². The van der Waals surface area contributed by atoms with Crippen LogP contribution < -0.4 is 9.04 Å². The maximum atomic E-state index is 13.0. The lowest BCUT2D eigenvalue weighted by Gasteiger charge is -2.21. The van der Waals surface area contributed by atoms with Crippen LogP contribution in [0.15, 0.2) is 12.1 Å². The molecule has 0 spiro atoms. The van der Waals surface area contributed by atoms with Crippen LogP contribution in [0.4, 0.5) is 5.69 Å². The third-order valence-corrected chi connectivity index (χ3v) is 5.21. The van der Waals surface area contributed by atoms with E-state index in [4.69, 9.17) is 27.9 Å². The highest BCUT2D eigenvalue weighted by molar-refractivity contribution is 7.92. The Labute approximate surface area is 156 Å². The number of anilines is 1. The number of amides is 1. The average Bonchev–Trinajstić information content (AvgIpc) is 2.72. The summed E-state index contributed by atoms with van der Waals surface area (Å²) in [6, 6.07) is 2.63. The van der Waals surface area contributed by atoms with Crippen molar-refractivity contribution in [3.63, 3.8) is 0 Å². The molecule has 0 radical (unpaired) electrons. The number of methoxy groups -OCH3 is 1. The first-order valence-electron chi connectivity index (χ1n) is 7.06. The molecular formula is C15H17Cl2N3O4S. The summed E-state index contributed by atoms with van der Waals surface area (Å²) in [6.45, 7) is 3.30. The van der Waals surface area contributed by atoms with Gasteiger partial charge in [0.05, 0.1) is 34.8 Å². The monoisotopic (exact) mass is 405 g/mol. The van der Waals surface area contributed by atoms with Crippen LogP contribution in [0.3, 0.4) is 0 Å². The molecular weight excluding hydrogens is 389 g/mol. The number of halogens is 2. The number of benzene rings is 1. The number of hydrogen-bond acceptors (Lipinski definition) is 5. The molecule has 1 aromatic heterocycles. The Hall–Kier alpha value is -1.77. The molecule has 0 unspecified atom stereocenters. The van der Waals surface area contributed by atoms with E-state index in [1.54, 1.807) is 20.9 Å². The van der Waals surface area contributed by atoms with Gasteiger partial charge in [-0.05, 0) is 26.0 Å². The minimum absolute atomic E-state index is 0.0175. The predicted octanol–water partition coefficient (Wildman–Crippen LogP) is 2.96. The van der Waals surface area contributed by atoms with E-state index in [1.165, 1.54) is 23.9 Å². The van der Waals surface area contributed by atoms with E-state index >= 15 is 0 Å². The highest BCUT2D eigenvalue weighted by Gasteiger charge is 2.32. The fourth-order valence-corrected chi connectivity index (χ4v) is 4.11. The van der Waals surface area contributed by atoms with Gasteiger partial charge in [-0.1, -0.05) is 23.2 Å². The van der Waals surface area contributed by atoms with Crippen molar-refractivity contribution >= 4 is 44.8 Å². The van der Waals surface area contributed by atoms with Crippen LogP contribution in [0, 0.1) is 13.8 Å². The van der Waals surface area contributed by atoms with Gasteiger partial charge in [0.1, 0.15) is 5.69 Å². The normalized spacial score (nSPS) is 11.5. The lowest BCUT2D eigenvalue weighted by atomic mass is 10.2. The quantitative estimate of drug-likeness (QED) is 0.780. The topological polar surface area (TPSA) is 81.5 Å². The third kappa shape index (κ3) is 3.61. The Balaban J connectivity index is 2.67. The van der Waals surface area contributed by atoms with Crippen molar-refractivity contribution < 1.29 is 17.9 Å². The van der Waals surface area contributed by atoms with Gasteiger partial charge in [-0.25, -0.2) is 8.42 Å². The van der Waals surface area contributed by atoms with Crippen molar-refractivity contribution in [2.45, 2.75) is 13.8 Å². The van der Waals surface area contributed by atoms with Crippen LogP contribution in [-0.2, 0) is 17.1 Å². The molecule has 0 saturated carbocycles. The summed E-state index contributed by atoms with van der Waals surface area (Å²) in [6.07, 6.45) is 0.948. The summed E-state index contributed by atoms with van der Waals surface area (Å²) in [5, 5.41) is 4.38. The molecule has 0 atom stereocenters. The van der Waals surface area contributed by atoms with Gasteiger partial charge in [0, 0.05) is 12.6 Å². The number of nitrogens with zero attached hydrogens (tertiary/aromatic N) is 3. The van der Waals surface area contributed by atoms with E-state index in [2.05, 4.69) is 5.10 Å². The van der Waals surface area contributed by atoms with E-state index in [-0.39, 0.29) is 27.0 Å². The molecule has 1 heterocycles. The van der Waals surface area contributed by atoms with Crippen molar-refractivity contribution in [3.05, 3.63) is 39.1 Å². The molecule has 1 aromatic carbocycles. The lowest BCUT2D eigenvalue weighted by molar-refractivity contribution is 0.100. The van der Waals surface area contributed by atoms with Crippen molar-refractivity contribution in [1.29, 1.82) is 0 Å². The average molecular weight is 406 g/mol. The highest BCUT2D eigenvalue weighted by atomic mass is 35.5. The summed E-state index contributed by atoms with van der Waals surface area (Å²) in [5.41, 5.74) is 1.16. The standard InChI is InChI=1S/C15H17Cl2N3O4S/c1-8-13(9(2)19(3)18-8)20(25(5,22)23)15(21)10-6-11(16)14(24-4)12(17)7-10/h6-7H,1-5H3. The van der Waals surface area contributed by atoms with Gasteiger partial charge >= 0.3 is 0 Å². The molecule has 0 saturated heterocycles. The summed E-state index contributed by atoms with van der Waals surface area (Å²) >= 11 is 12.1. The second-order valence-corrected chi connectivity index (χ2v) is 8.09. The summed E-state index contributed by atoms with van der Waals surface area (Å²) in [5.74, 6) is -0.576. The number of aromatic nitrogens is 2. The zero-order chi connectivity index (χ0) is 19.1. The molecule has 0 aliphatic rings. The van der Waals surface area contributed by atoms with Crippen LogP contribution in [0.5, 0.6) is 5.75 Å². The third-order valence-electron chi connectivity index (χ3n) is 3.64. The predicted molar refractivity (Wildman–Crippen MR) is 97.3 cm³/mol. The Bertz CT molecular complexity index is 931. The first-order valence-corrected chi connectivity index (χ1v) is 9.67. The summed E-state index contributed by atoms with van der Waals surface area (Å²) < 4.78 is 31.9. The van der Waals surface area contributed by atoms with E-state index in [0.717, 1.165) is 6.26 Å². The largest absolute Gasteiger partial charge is 0.494 e. The maximum absolute atomic E-state index is 13.0. The van der Waals surface area contributed by atoms with E-state index in [0.29, 0.717) is 15.7 Å². The first-order chi connectivity index (χ1) is 11.5. The second-order valence-electron chi connectivity index (χ2n) is 5.45. The van der Waals surface area contributed by atoms with Crippen LogP contribution in [0.2, 0.25) is 10.0 Å². The van der Waals surface area contributed by atoms with Gasteiger partial charge in [-0.15, -0.1) is 0 Å². The van der Waals surface area contributed by atoms with Crippen molar-refractivity contribution in [1.82, 2.24) is 9.78 Å². The van der Waals surface area contributed by atoms with E-state index < -0.39 is 15.9 Å². The first kappa shape index (κ1) is 19.6. The van der Waals surface area contributed by atoms with Crippen LogP contribution in [0.1, 0.15) is 21.7 Å². The Morgan fingerprint density at radius 2 is 1.76 bits per heavy atom. The minimum Gasteiger partial charge on any atom is -0.494 e. The van der Waals surface area contributed by atoms with E-state index in [9.17, 15) is 13.2 Å². The van der Waals surface area contributed by atoms with Crippen LogP contribution >= 0.6 is 23.2 Å². The lowest BCUT2D eigenvalue weighted by Crippen LogP contribution is -2.37. The number of rotatable bonds is 4. The molecule has 1 amide bonds. The summed E-state index contributed by atoms with van der Waals surface area (Å²) in [4.78, 5) is 13.0. The molecule has 0 N–H and O–H groups in total. The van der Waals surface area contributed by atoms with Gasteiger partial charge in [-0.3, -0.25) is 9.48 Å². The second kappa shape index (κ2) is 6.86. The Morgan fingerprint density at radius 3 is 2.12 bits per heavy atom. The zero-order valence-corrected chi connectivity index (χ0v) is 16.6. The fraction of sp³-hybridized carbons (Fsp3) is 0.333. The number of hydrogen-bond donors (Lipinski definition) is 0. The molecule has 0 fully saturated rings. The molecule has 0 aliphatic heterocycles. The maximum Gasteiger partial charge on any atom is 0.272 e. The zero-order valence-electron chi connectivity index (χ0n) is 14.3. The van der Waals surface area contributed by atoms with Gasteiger partial charge in [0.2, 0.25) is 10.0 Å². The molecule has 2 aromatic rings. The smallest absolute Gasteiger partial charge is 0.272 e. The van der Waals surface area contributed by atoms with Gasteiger partial charge in [-0.2, -0.15) is 9.40 Å². The Morgan fingerprint density at radius 1 is 1.24 bits per heavy atom. The van der Waals surface area contributed by atoms with Crippen molar-refractivity contribution in [3.8, 4) is 5.75 Å². The molecule has 2 rings (SSSR count). The molecule has 10 heteroatoms. The number of sulfonamides is 1. The molecule has 7 nitrogen and oxygen atoms in total. The molecule has 0 aliphatic carbocycles. The number of ether oxygens (including phenoxy) is 1. The fourth-order valence-electron chi connectivity index (χ4n) is 2.47. The molecule has 136 valence electrons. The summed E-state index contributed by atoms with van der Waals surface area (Å²) in [7, 11) is -0.872. The van der Waals surface area contributed by atoms with Gasteiger partial charge in [0.15, 0.2) is 5.75 Å². The SMILES string of the molecule is COc1c(Cl)cc(C(=O)N(c2c(C)nn(C)c2C)S(C)(=O)=O)cc1Cl. The minimum atomic E-state index is -3.93. The number of carbonyl (C=O) groups is 1. The van der Waals surface area contributed by atoms with Crippen molar-refractivity contribution in [2.24, 2.45) is 7.05 Å². The number of aryl methyl sites for hydroxylation is 2. The Kier molecular flexibility index (Phi) is 5.36. The molecule has 0 bridgehead atoms. The van der Waals surface area contributed by atoms with Gasteiger partial charge < -0.3 is 4.74 Å². The molecule has 25 heavy (non-hydrogen) atoms. The van der Waals surface area contributed by atoms with Gasteiger partial charge in [0.25, 0.3) is 5.91 Å². The van der Waals surface area contributed by atoms with E-state index in [1.807, 2.05) is 0 Å². The van der Waals surface area contributed by atoms with Crippen LogP contribution in [-0.4, -0.2) is 37.5 Å². The highest BCUT2D eigenvalue weighted by Crippen LogP contribution is 2.35.